The van der Waals surface area contributed by atoms with E-state index < -0.39 is 4.65 Å². The molecule has 0 bridgehead atoms. The Morgan fingerprint density at radius 2 is 2.20 bits per heavy atom. The van der Waals surface area contributed by atoms with Gasteiger partial charge in [0.2, 0.25) is 0 Å². The minimum Gasteiger partial charge on any atom is -0.623 e. The highest BCUT2D eigenvalue weighted by molar-refractivity contribution is 7.15. The molecule has 0 N–H and O–H groups in total. The largest absolute Gasteiger partial charge is 0.623 e. The van der Waals surface area contributed by atoms with Crippen LogP contribution in [0.5, 0.6) is 0 Å². The van der Waals surface area contributed by atoms with Gasteiger partial charge in [0.1, 0.15) is 11.7 Å². The molecule has 1 saturated carbocycles. The maximum Gasteiger partial charge on any atom is 0.309 e. The van der Waals surface area contributed by atoms with Gasteiger partial charge in [-0.3, -0.25) is 9.55 Å². The van der Waals surface area contributed by atoms with Crippen LogP contribution in [0.4, 0.5) is 5.13 Å². The Bertz CT molecular complexity index is 579. The first kappa shape index (κ1) is 19.2. The minimum atomic E-state index is -0.436. The lowest BCUT2D eigenvalue weighted by atomic mass is 10.1. The average molecular weight is 386 g/mol. The molecule has 2 unspecified atom stereocenters. The van der Waals surface area contributed by atoms with E-state index in [9.17, 15) is 5.21 Å². The van der Waals surface area contributed by atoms with Crippen molar-refractivity contribution < 1.29 is 0 Å². The molecule has 0 radical (unpaired) electrons. The lowest BCUT2D eigenvalue weighted by Gasteiger charge is -2.43. The quantitative estimate of drug-likeness (QED) is 0.297. The van der Waals surface area contributed by atoms with Gasteiger partial charge in [-0.1, -0.05) is 24.0 Å². The van der Waals surface area contributed by atoms with Crippen molar-refractivity contribution in [3.63, 3.8) is 0 Å². The molecule has 2 heterocycles. The third-order valence-corrected chi connectivity index (χ3v) is 6.73. The molecule has 140 valence electrons. The maximum atomic E-state index is 13.8. The second-order valence-electron chi connectivity index (χ2n) is 7.15. The molecule has 0 amide bonds. The fourth-order valence-electron chi connectivity index (χ4n) is 3.90. The molecule has 0 aromatic carbocycles. The van der Waals surface area contributed by atoms with Crippen molar-refractivity contribution in [2.75, 3.05) is 39.2 Å². The van der Waals surface area contributed by atoms with Crippen LogP contribution in [0.25, 0.3) is 0 Å². The fraction of sp³-hybridized carbons (Fsp3) is 0.765. The van der Waals surface area contributed by atoms with Crippen LogP contribution in [0, 0.1) is 5.21 Å². The summed E-state index contributed by atoms with van der Waals surface area (Å²) in [5.41, 5.74) is 0. The van der Waals surface area contributed by atoms with Gasteiger partial charge in [-0.05, 0) is 37.6 Å². The van der Waals surface area contributed by atoms with Crippen LogP contribution in [0.1, 0.15) is 43.0 Å². The number of alkyl halides is 1. The van der Waals surface area contributed by atoms with Crippen molar-refractivity contribution in [2.24, 2.45) is 0 Å². The fourth-order valence-corrected chi connectivity index (χ4v) is 5.23. The summed E-state index contributed by atoms with van der Waals surface area (Å²) in [6.45, 7) is 6.44. The van der Waals surface area contributed by atoms with Gasteiger partial charge in [0.15, 0.2) is 6.17 Å². The van der Waals surface area contributed by atoms with E-state index in [1.54, 1.807) is 0 Å². The first-order valence-corrected chi connectivity index (χ1v) is 10.5. The minimum absolute atomic E-state index is 0.174. The molecule has 0 spiro atoms. The van der Waals surface area contributed by atoms with Crippen LogP contribution in [-0.2, 0) is 0 Å². The molecule has 1 aliphatic carbocycles. The summed E-state index contributed by atoms with van der Waals surface area (Å²) >= 11 is 7.44. The molecule has 1 aliphatic heterocycles. The van der Waals surface area contributed by atoms with Gasteiger partial charge in [0, 0.05) is 24.9 Å². The number of hydroxylamine groups is 2. The zero-order valence-electron chi connectivity index (χ0n) is 14.9. The zero-order valence-corrected chi connectivity index (χ0v) is 16.5. The van der Waals surface area contributed by atoms with Crippen molar-refractivity contribution in [3.05, 3.63) is 22.9 Å². The molecular formula is C17H28ClN5OS. The smallest absolute Gasteiger partial charge is 0.309 e. The Hall–Kier alpha value is -0.570. The number of likely N-dealkylation sites (N-methyl/N-ethyl adjacent to an activating group) is 1. The number of hydrogen-bond donors (Lipinski definition) is 0. The number of halogens is 1. The van der Waals surface area contributed by atoms with Gasteiger partial charge in [0.05, 0.1) is 6.54 Å². The topological polar surface area (TPSA) is 55.3 Å². The Labute approximate surface area is 159 Å². The molecule has 25 heavy (non-hydrogen) atoms. The predicted molar refractivity (Wildman–Crippen MR) is 105 cm³/mol. The van der Waals surface area contributed by atoms with Gasteiger partial charge in [0.25, 0.3) is 0 Å². The van der Waals surface area contributed by atoms with Crippen molar-refractivity contribution in [1.29, 1.82) is 0 Å². The summed E-state index contributed by atoms with van der Waals surface area (Å²) in [5.74, 6) is 1.03. The molecule has 2 aliphatic rings. The summed E-state index contributed by atoms with van der Waals surface area (Å²) in [4.78, 5) is 4.28. The number of nitrogens with zero attached hydrogens (tertiary/aromatic N) is 5. The van der Waals surface area contributed by atoms with Gasteiger partial charge in [-0.25, -0.2) is 4.90 Å². The number of rotatable bonds is 8. The standard InChI is InChI=1S/C17H28ClN5OS/c1-3-4-10-21(2)15-12-22(11-9-18)13-23(15,24)17-20-19-16(25-17)14-7-5-6-8-14/h3,14-15H,1,4-13H2,2H3. The van der Waals surface area contributed by atoms with Crippen LogP contribution in [0.3, 0.4) is 0 Å². The first-order valence-electron chi connectivity index (χ1n) is 9.10. The van der Waals surface area contributed by atoms with Crippen molar-refractivity contribution >= 4 is 28.1 Å². The van der Waals surface area contributed by atoms with Crippen LogP contribution < -0.4 is 4.65 Å². The highest BCUT2D eigenvalue weighted by Crippen LogP contribution is 2.40. The van der Waals surface area contributed by atoms with Crippen LogP contribution in [0.2, 0.25) is 0 Å². The number of hydrogen-bond acceptors (Lipinski definition) is 6. The van der Waals surface area contributed by atoms with E-state index in [2.05, 4.69) is 26.6 Å². The third-order valence-electron chi connectivity index (χ3n) is 5.37. The van der Waals surface area contributed by atoms with Gasteiger partial charge < -0.3 is 5.21 Å². The Kier molecular flexibility index (Phi) is 6.46. The molecule has 8 heteroatoms. The van der Waals surface area contributed by atoms with Gasteiger partial charge >= 0.3 is 5.13 Å². The van der Waals surface area contributed by atoms with E-state index in [4.69, 9.17) is 11.6 Å². The molecule has 1 aromatic rings. The van der Waals surface area contributed by atoms with E-state index >= 15 is 0 Å². The van der Waals surface area contributed by atoms with Crippen LogP contribution in [-0.4, -0.2) is 65.4 Å². The average Bonchev–Trinajstić information content (AvgIpc) is 3.32. The zero-order chi connectivity index (χ0) is 17.9. The summed E-state index contributed by atoms with van der Waals surface area (Å²) in [6, 6.07) is 0. The van der Waals surface area contributed by atoms with Crippen molar-refractivity contribution in [1.82, 2.24) is 24.6 Å². The summed E-state index contributed by atoms with van der Waals surface area (Å²) < 4.78 is -0.436. The maximum absolute atomic E-state index is 13.8. The molecule has 2 fully saturated rings. The normalized spacial score (nSPS) is 28.2. The van der Waals surface area contributed by atoms with Crippen LogP contribution >= 0.6 is 22.9 Å². The van der Waals surface area contributed by atoms with E-state index in [0.717, 1.165) is 24.5 Å². The third kappa shape index (κ3) is 4.07. The predicted octanol–water partition coefficient (Wildman–Crippen LogP) is 3.35. The van der Waals surface area contributed by atoms with E-state index in [-0.39, 0.29) is 6.17 Å². The summed E-state index contributed by atoms with van der Waals surface area (Å²) in [7, 11) is 2.02. The molecule has 6 nitrogen and oxygen atoms in total. The number of aromatic nitrogens is 2. The van der Waals surface area contributed by atoms with E-state index in [0.29, 0.717) is 30.1 Å². The first-order chi connectivity index (χ1) is 12.1. The highest BCUT2D eigenvalue weighted by Gasteiger charge is 2.46. The highest BCUT2D eigenvalue weighted by atomic mass is 35.5. The van der Waals surface area contributed by atoms with Crippen molar-refractivity contribution in [3.8, 4) is 0 Å². The number of quaternary nitrogens is 1. The Morgan fingerprint density at radius 3 is 2.88 bits per heavy atom. The lowest BCUT2D eigenvalue weighted by Crippen LogP contribution is -2.56. The second kappa shape index (κ2) is 8.41. The Morgan fingerprint density at radius 1 is 1.44 bits per heavy atom. The van der Waals surface area contributed by atoms with Gasteiger partial charge in [-0.15, -0.1) is 23.3 Å². The molecule has 3 rings (SSSR count). The summed E-state index contributed by atoms with van der Waals surface area (Å²) in [5, 5.41) is 24.2. The molecular weight excluding hydrogens is 358 g/mol. The monoisotopic (exact) mass is 385 g/mol. The molecule has 1 saturated heterocycles. The van der Waals surface area contributed by atoms with E-state index in [1.807, 2.05) is 13.1 Å². The Balaban J connectivity index is 1.82. The van der Waals surface area contributed by atoms with E-state index in [1.165, 1.54) is 37.0 Å². The molecule has 1 aromatic heterocycles. The lowest BCUT2D eigenvalue weighted by molar-refractivity contribution is 0.149. The molecule has 2 atom stereocenters. The van der Waals surface area contributed by atoms with Gasteiger partial charge in [-0.2, -0.15) is 0 Å². The SMILES string of the molecule is C=CCCN(C)C1CN(CCCl)C[N+]1([O-])c1nnc(C2CCCC2)s1. The van der Waals surface area contributed by atoms with Crippen molar-refractivity contribution in [2.45, 2.75) is 44.2 Å². The summed E-state index contributed by atoms with van der Waals surface area (Å²) in [6.07, 6.45) is 7.45. The second-order valence-corrected chi connectivity index (χ2v) is 8.51. The van der Waals surface area contributed by atoms with Crippen LogP contribution in [0.15, 0.2) is 12.7 Å².